The lowest BCUT2D eigenvalue weighted by atomic mass is 10.1. The minimum Gasteiger partial charge on any atom is -0.334 e. The van der Waals surface area contributed by atoms with Crippen LogP contribution in [0.2, 0.25) is 0 Å². The molecule has 3 nitrogen and oxygen atoms in total. The first-order valence-electron chi connectivity index (χ1n) is 6.40. The van der Waals surface area contributed by atoms with Crippen LogP contribution in [0, 0.1) is 5.82 Å². The van der Waals surface area contributed by atoms with Crippen LogP contribution in [-0.4, -0.2) is 48.9 Å². The van der Waals surface area contributed by atoms with E-state index in [1.807, 2.05) is 14.1 Å². The summed E-state index contributed by atoms with van der Waals surface area (Å²) in [5.74, 6) is -0.663. The van der Waals surface area contributed by atoms with Gasteiger partial charge in [0.15, 0.2) is 0 Å². The molecule has 1 aliphatic rings. The Morgan fingerprint density at radius 3 is 2.89 bits per heavy atom. The highest BCUT2D eigenvalue weighted by molar-refractivity contribution is 9.10. The van der Waals surface area contributed by atoms with Crippen molar-refractivity contribution in [3.05, 3.63) is 34.1 Å². The Labute approximate surface area is 121 Å². The Bertz CT molecular complexity index is 479. The molecule has 1 unspecified atom stereocenters. The van der Waals surface area contributed by atoms with Crippen LogP contribution in [0.1, 0.15) is 23.2 Å². The molecule has 19 heavy (non-hydrogen) atoms. The van der Waals surface area contributed by atoms with Gasteiger partial charge in [-0.1, -0.05) is 15.9 Å². The van der Waals surface area contributed by atoms with E-state index in [0.717, 1.165) is 19.4 Å². The van der Waals surface area contributed by atoms with E-state index in [9.17, 15) is 9.18 Å². The lowest BCUT2D eigenvalue weighted by molar-refractivity contribution is 0.0711. The second kappa shape index (κ2) is 6.01. The average molecular weight is 329 g/mol. The number of amides is 1. The van der Waals surface area contributed by atoms with Crippen LogP contribution in [-0.2, 0) is 0 Å². The minimum atomic E-state index is -0.463. The zero-order chi connectivity index (χ0) is 14.0. The standard InChI is InChI=1S/C14H18BrFN2O/c1-17(2)9-11-4-3-7-18(11)14(19)12-6-5-10(15)8-13(12)16/h5-6,8,11H,3-4,7,9H2,1-2H3. The number of carbonyl (C=O) groups excluding carboxylic acids is 1. The lowest BCUT2D eigenvalue weighted by Gasteiger charge is -2.27. The average Bonchev–Trinajstić information content (AvgIpc) is 2.75. The van der Waals surface area contributed by atoms with Crippen molar-refractivity contribution in [3.63, 3.8) is 0 Å². The van der Waals surface area contributed by atoms with Gasteiger partial charge in [-0.15, -0.1) is 0 Å². The third-order valence-corrected chi connectivity index (χ3v) is 3.87. The van der Waals surface area contributed by atoms with E-state index in [-0.39, 0.29) is 17.5 Å². The fourth-order valence-electron chi connectivity index (χ4n) is 2.53. The van der Waals surface area contributed by atoms with Crippen molar-refractivity contribution in [2.75, 3.05) is 27.2 Å². The first-order valence-corrected chi connectivity index (χ1v) is 7.19. The summed E-state index contributed by atoms with van der Waals surface area (Å²) in [5, 5.41) is 0. The van der Waals surface area contributed by atoms with Gasteiger partial charge in [0.25, 0.3) is 5.91 Å². The Hall–Kier alpha value is -0.940. The predicted octanol–water partition coefficient (Wildman–Crippen LogP) is 2.75. The van der Waals surface area contributed by atoms with Crippen molar-refractivity contribution in [2.24, 2.45) is 0 Å². The number of nitrogens with zero attached hydrogens (tertiary/aromatic N) is 2. The second-order valence-corrected chi connectivity index (χ2v) is 6.10. The molecule has 1 aromatic carbocycles. The molecule has 0 spiro atoms. The molecule has 5 heteroatoms. The van der Waals surface area contributed by atoms with Crippen molar-refractivity contribution in [3.8, 4) is 0 Å². The Balaban J connectivity index is 2.18. The van der Waals surface area contributed by atoms with Crippen molar-refractivity contribution in [1.29, 1.82) is 0 Å². The van der Waals surface area contributed by atoms with Gasteiger partial charge in [-0.25, -0.2) is 4.39 Å². The smallest absolute Gasteiger partial charge is 0.257 e. The summed E-state index contributed by atoms with van der Waals surface area (Å²) in [7, 11) is 3.97. The summed E-state index contributed by atoms with van der Waals surface area (Å²) >= 11 is 3.20. The number of likely N-dealkylation sites (N-methyl/N-ethyl adjacent to an activating group) is 1. The van der Waals surface area contributed by atoms with Crippen LogP contribution in [0.15, 0.2) is 22.7 Å². The first-order chi connectivity index (χ1) is 8.99. The molecule has 1 fully saturated rings. The minimum absolute atomic E-state index is 0.161. The maximum absolute atomic E-state index is 13.9. The molecule has 0 aromatic heterocycles. The van der Waals surface area contributed by atoms with E-state index in [4.69, 9.17) is 0 Å². The number of rotatable bonds is 3. The van der Waals surface area contributed by atoms with E-state index in [1.165, 1.54) is 6.07 Å². The number of likely N-dealkylation sites (tertiary alicyclic amines) is 1. The van der Waals surface area contributed by atoms with Gasteiger partial charge in [0.1, 0.15) is 5.82 Å². The third kappa shape index (κ3) is 3.34. The van der Waals surface area contributed by atoms with Crippen molar-refractivity contribution >= 4 is 21.8 Å². The normalized spacial score (nSPS) is 19.2. The van der Waals surface area contributed by atoms with Gasteiger partial charge in [0, 0.05) is 23.6 Å². The van der Waals surface area contributed by atoms with Gasteiger partial charge in [-0.2, -0.15) is 0 Å². The van der Waals surface area contributed by atoms with Crippen molar-refractivity contribution < 1.29 is 9.18 Å². The summed E-state index contributed by atoms with van der Waals surface area (Å²) in [6, 6.07) is 4.77. The fraction of sp³-hybridized carbons (Fsp3) is 0.500. The predicted molar refractivity (Wildman–Crippen MR) is 76.7 cm³/mol. The molecule has 1 atom stereocenters. The lowest BCUT2D eigenvalue weighted by Crippen LogP contribution is -2.41. The van der Waals surface area contributed by atoms with Gasteiger partial charge in [0.2, 0.25) is 0 Å². The third-order valence-electron chi connectivity index (χ3n) is 3.38. The maximum atomic E-state index is 13.9. The summed E-state index contributed by atoms with van der Waals surface area (Å²) in [4.78, 5) is 16.3. The zero-order valence-electron chi connectivity index (χ0n) is 11.2. The fourth-order valence-corrected chi connectivity index (χ4v) is 2.87. The molecule has 1 heterocycles. The van der Waals surface area contributed by atoms with Crippen LogP contribution in [0.25, 0.3) is 0 Å². The summed E-state index contributed by atoms with van der Waals surface area (Å²) < 4.78 is 14.5. The van der Waals surface area contributed by atoms with Crippen LogP contribution in [0.5, 0.6) is 0 Å². The number of carbonyl (C=O) groups is 1. The number of halogens is 2. The van der Waals surface area contributed by atoms with Crippen LogP contribution in [0.3, 0.4) is 0 Å². The van der Waals surface area contributed by atoms with Crippen LogP contribution < -0.4 is 0 Å². The molecule has 2 rings (SSSR count). The molecule has 0 bridgehead atoms. The van der Waals surface area contributed by atoms with E-state index < -0.39 is 5.82 Å². The largest absolute Gasteiger partial charge is 0.334 e. The molecule has 1 aliphatic heterocycles. The van der Waals surface area contributed by atoms with Crippen molar-refractivity contribution in [2.45, 2.75) is 18.9 Å². The topological polar surface area (TPSA) is 23.6 Å². The molecular weight excluding hydrogens is 311 g/mol. The molecule has 1 aromatic rings. The molecule has 1 amide bonds. The Kier molecular flexibility index (Phi) is 4.58. The first kappa shape index (κ1) is 14.5. The van der Waals surface area contributed by atoms with Gasteiger partial charge >= 0.3 is 0 Å². The van der Waals surface area contributed by atoms with Crippen molar-refractivity contribution in [1.82, 2.24) is 9.80 Å². The van der Waals surface area contributed by atoms with Gasteiger partial charge in [-0.05, 0) is 45.1 Å². The monoisotopic (exact) mass is 328 g/mol. The SMILES string of the molecule is CN(C)CC1CCCN1C(=O)c1ccc(Br)cc1F. The van der Waals surface area contributed by atoms with Crippen LogP contribution in [0.4, 0.5) is 4.39 Å². The van der Waals surface area contributed by atoms with E-state index in [2.05, 4.69) is 20.8 Å². The van der Waals surface area contributed by atoms with Gasteiger partial charge in [0.05, 0.1) is 5.56 Å². The Morgan fingerprint density at radius 1 is 1.53 bits per heavy atom. The maximum Gasteiger partial charge on any atom is 0.257 e. The molecule has 0 N–H and O–H groups in total. The molecule has 0 aliphatic carbocycles. The number of hydrogen-bond donors (Lipinski definition) is 0. The Morgan fingerprint density at radius 2 is 2.26 bits per heavy atom. The quantitative estimate of drug-likeness (QED) is 0.851. The van der Waals surface area contributed by atoms with Crippen LogP contribution >= 0.6 is 15.9 Å². The number of hydrogen-bond acceptors (Lipinski definition) is 2. The van der Waals surface area contributed by atoms with E-state index >= 15 is 0 Å². The van der Waals surface area contributed by atoms with E-state index in [1.54, 1.807) is 17.0 Å². The highest BCUT2D eigenvalue weighted by atomic mass is 79.9. The second-order valence-electron chi connectivity index (χ2n) is 5.18. The summed E-state index contributed by atoms with van der Waals surface area (Å²) in [6.07, 6.45) is 1.98. The van der Waals surface area contributed by atoms with Gasteiger partial charge in [-0.3, -0.25) is 4.79 Å². The molecule has 104 valence electrons. The molecule has 1 saturated heterocycles. The highest BCUT2D eigenvalue weighted by Gasteiger charge is 2.30. The van der Waals surface area contributed by atoms with E-state index in [0.29, 0.717) is 11.0 Å². The number of benzene rings is 1. The highest BCUT2D eigenvalue weighted by Crippen LogP contribution is 2.23. The van der Waals surface area contributed by atoms with Gasteiger partial charge < -0.3 is 9.80 Å². The summed E-state index contributed by atoms with van der Waals surface area (Å²) in [6.45, 7) is 1.54. The molecule has 0 saturated carbocycles. The molecular formula is C14H18BrFN2O. The summed E-state index contributed by atoms with van der Waals surface area (Å²) in [5.41, 5.74) is 0.161. The molecule has 0 radical (unpaired) electrons. The zero-order valence-corrected chi connectivity index (χ0v) is 12.8.